The van der Waals surface area contributed by atoms with Crippen LogP contribution in [-0.4, -0.2) is 66.9 Å². The van der Waals surface area contributed by atoms with Gasteiger partial charge in [0.15, 0.2) is 5.34 Å². The van der Waals surface area contributed by atoms with Crippen LogP contribution in [0.1, 0.15) is 40.0 Å². The smallest absolute Gasteiger partial charge is 0.244 e. The van der Waals surface area contributed by atoms with Gasteiger partial charge in [0.25, 0.3) is 0 Å². The van der Waals surface area contributed by atoms with E-state index in [9.17, 15) is 14.8 Å². The maximum atomic E-state index is 12.0. The zero-order valence-electron chi connectivity index (χ0n) is 18.9. The van der Waals surface area contributed by atoms with Crippen molar-refractivity contribution in [3.8, 4) is 0 Å². The maximum Gasteiger partial charge on any atom is 0.244 e. The summed E-state index contributed by atoms with van der Waals surface area (Å²) in [5.41, 5.74) is 0.683. The second-order valence-electron chi connectivity index (χ2n) is 8.91. The number of carbonyl (C=O) groups excluding carboxylic acids is 1. The Labute approximate surface area is 188 Å². The van der Waals surface area contributed by atoms with Gasteiger partial charge in [-0.2, -0.15) is 0 Å². The molecule has 0 aromatic carbocycles. The Bertz CT molecular complexity index is 747. The first kappa shape index (κ1) is 24.6. The summed E-state index contributed by atoms with van der Waals surface area (Å²) in [7, 11) is 0. The highest BCUT2D eigenvalue weighted by atomic mass is 16.7. The van der Waals surface area contributed by atoms with Gasteiger partial charge in [0, 0.05) is 12.5 Å². The topological polar surface area (TPSA) is 119 Å². The molecule has 0 bridgehead atoms. The predicted molar refractivity (Wildman–Crippen MR) is 117 cm³/mol. The predicted octanol–water partition coefficient (Wildman–Crippen LogP) is 2.35. The molecule has 1 spiro atoms. The summed E-state index contributed by atoms with van der Waals surface area (Å²) in [5.74, 6) is 0.0171. The molecule has 178 valence electrons. The number of hydrogen-bond acceptors (Lipinski definition) is 8. The van der Waals surface area contributed by atoms with Gasteiger partial charge >= 0.3 is 0 Å². The highest BCUT2D eigenvalue weighted by Gasteiger charge is 2.55. The SMILES string of the molecule is CC(/C=C/C1OCCC2(CO2)[C@@H]1O)=C\CC1OC(C)C(NC(=O)/C=C\CON=O)CC1C. The lowest BCUT2D eigenvalue weighted by Crippen LogP contribution is -2.50. The van der Waals surface area contributed by atoms with Crippen LogP contribution in [0.3, 0.4) is 0 Å². The van der Waals surface area contributed by atoms with Crippen molar-refractivity contribution in [2.45, 2.75) is 76.1 Å². The number of aliphatic hydroxyl groups is 1. The van der Waals surface area contributed by atoms with Gasteiger partial charge in [-0.15, -0.1) is 4.91 Å². The van der Waals surface area contributed by atoms with Gasteiger partial charge in [0.2, 0.25) is 5.91 Å². The van der Waals surface area contributed by atoms with E-state index >= 15 is 0 Å². The van der Waals surface area contributed by atoms with Gasteiger partial charge < -0.3 is 29.5 Å². The lowest BCUT2D eigenvalue weighted by molar-refractivity contribution is -0.123. The van der Waals surface area contributed by atoms with Crippen LogP contribution in [0.2, 0.25) is 0 Å². The van der Waals surface area contributed by atoms with E-state index in [-0.39, 0.29) is 42.8 Å². The average molecular weight is 451 g/mol. The zero-order chi connectivity index (χ0) is 23.1. The van der Waals surface area contributed by atoms with Crippen LogP contribution >= 0.6 is 0 Å². The third-order valence-corrected chi connectivity index (χ3v) is 6.46. The van der Waals surface area contributed by atoms with Gasteiger partial charge in [0.05, 0.1) is 31.5 Å². The maximum absolute atomic E-state index is 12.0. The second-order valence-corrected chi connectivity index (χ2v) is 8.91. The molecule has 0 aromatic heterocycles. The molecule has 9 nitrogen and oxygen atoms in total. The normalized spacial score (nSPS) is 37.7. The number of ether oxygens (including phenoxy) is 3. The van der Waals surface area contributed by atoms with E-state index in [0.717, 1.165) is 24.8 Å². The van der Waals surface area contributed by atoms with Gasteiger partial charge in [-0.25, -0.2) is 0 Å². The van der Waals surface area contributed by atoms with Crippen molar-refractivity contribution in [2.75, 3.05) is 19.8 Å². The van der Waals surface area contributed by atoms with E-state index < -0.39 is 11.7 Å². The number of nitrogens with one attached hydrogen (secondary N) is 1. The van der Waals surface area contributed by atoms with Crippen LogP contribution in [0.4, 0.5) is 0 Å². The molecule has 0 aromatic rings. The summed E-state index contributed by atoms with van der Waals surface area (Å²) in [6, 6.07) is -0.0876. The van der Waals surface area contributed by atoms with Crippen molar-refractivity contribution in [3.63, 3.8) is 0 Å². The fourth-order valence-electron chi connectivity index (χ4n) is 4.26. The first-order valence-corrected chi connectivity index (χ1v) is 11.2. The Morgan fingerprint density at radius 2 is 2.12 bits per heavy atom. The van der Waals surface area contributed by atoms with Crippen LogP contribution in [0, 0.1) is 10.8 Å². The molecule has 9 heteroatoms. The van der Waals surface area contributed by atoms with Crippen LogP contribution in [0.25, 0.3) is 0 Å². The van der Waals surface area contributed by atoms with Gasteiger partial charge in [-0.05, 0) is 38.7 Å². The molecule has 2 N–H and O–H groups in total. The van der Waals surface area contributed by atoms with E-state index in [1.54, 1.807) is 0 Å². The zero-order valence-corrected chi connectivity index (χ0v) is 18.9. The molecule has 3 fully saturated rings. The summed E-state index contributed by atoms with van der Waals surface area (Å²) in [5, 5.41) is 15.6. The highest BCUT2D eigenvalue weighted by Crippen LogP contribution is 2.40. The fourth-order valence-corrected chi connectivity index (χ4v) is 4.26. The lowest BCUT2D eigenvalue weighted by atomic mass is 9.88. The first-order chi connectivity index (χ1) is 15.3. The lowest BCUT2D eigenvalue weighted by Gasteiger charge is -2.39. The molecule has 3 heterocycles. The minimum atomic E-state index is -0.626. The molecular weight excluding hydrogens is 416 g/mol. The number of nitrogens with zero attached hydrogens (tertiary/aromatic N) is 1. The Hall–Kier alpha value is -2.07. The number of amides is 1. The molecule has 7 atom stereocenters. The Balaban J connectivity index is 1.45. The number of allylic oxidation sites excluding steroid dienone is 2. The van der Waals surface area contributed by atoms with Crippen LogP contribution < -0.4 is 5.32 Å². The number of rotatable bonds is 9. The third kappa shape index (κ3) is 6.48. The van der Waals surface area contributed by atoms with Crippen molar-refractivity contribution in [1.29, 1.82) is 0 Å². The molecule has 3 aliphatic rings. The molecule has 0 aliphatic carbocycles. The highest BCUT2D eigenvalue weighted by molar-refractivity contribution is 5.87. The average Bonchev–Trinajstić information content (AvgIpc) is 3.54. The molecule has 32 heavy (non-hydrogen) atoms. The quantitative estimate of drug-likeness (QED) is 0.138. The van der Waals surface area contributed by atoms with Crippen LogP contribution in [0.5, 0.6) is 0 Å². The molecule has 1 amide bonds. The third-order valence-electron chi connectivity index (χ3n) is 6.46. The summed E-state index contributed by atoms with van der Waals surface area (Å²) in [6.45, 7) is 7.27. The van der Waals surface area contributed by atoms with Crippen molar-refractivity contribution >= 4 is 5.91 Å². The largest absolute Gasteiger partial charge is 0.387 e. The van der Waals surface area contributed by atoms with Crippen molar-refractivity contribution < 1.29 is 28.9 Å². The summed E-state index contributed by atoms with van der Waals surface area (Å²) in [6.07, 6.45) is 10.1. The molecule has 0 saturated carbocycles. The minimum absolute atomic E-state index is 0.0350. The van der Waals surface area contributed by atoms with E-state index in [1.807, 2.05) is 26.0 Å². The van der Waals surface area contributed by atoms with Crippen LogP contribution in [0.15, 0.2) is 41.3 Å². The summed E-state index contributed by atoms with van der Waals surface area (Å²) < 4.78 is 17.3. The summed E-state index contributed by atoms with van der Waals surface area (Å²) >= 11 is 0. The van der Waals surface area contributed by atoms with E-state index in [2.05, 4.69) is 28.5 Å². The van der Waals surface area contributed by atoms with Crippen LogP contribution in [-0.2, 0) is 23.8 Å². The van der Waals surface area contributed by atoms with Crippen molar-refractivity contribution in [2.24, 2.45) is 11.3 Å². The first-order valence-electron chi connectivity index (χ1n) is 11.2. The Morgan fingerprint density at radius 3 is 2.84 bits per heavy atom. The monoisotopic (exact) mass is 450 g/mol. The fraction of sp³-hybridized carbons (Fsp3) is 0.696. The van der Waals surface area contributed by atoms with Gasteiger partial charge in [0.1, 0.15) is 24.4 Å². The van der Waals surface area contributed by atoms with E-state index in [1.165, 1.54) is 12.2 Å². The minimum Gasteiger partial charge on any atom is -0.387 e. The molecule has 0 radical (unpaired) electrons. The standard InChI is InChI=1S/C23H34N2O7/c1-15(7-9-20-22(27)23(14-30-23)10-12-29-20)6-8-19-16(2)13-18(17(3)32-19)24-21(26)5-4-11-31-25-28/h4-7,9,16-20,22,27H,8,10-14H2,1-3H3,(H,24,26)/b5-4-,9-7+,15-6+/t16?,17?,18?,19?,20?,22-,23?/m1/s1. The van der Waals surface area contributed by atoms with Crippen molar-refractivity contribution in [1.82, 2.24) is 5.32 Å². The van der Waals surface area contributed by atoms with Gasteiger partial charge in [-0.1, -0.05) is 30.7 Å². The summed E-state index contributed by atoms with van der Waals surface area (Å²) in [4.78, 5) is 26.2. The van der Waals surface area contributed by atoms with E-state index in [0.29, 0.717) is 13.2 Å². The Kier molecular flexibility index (Phi) is 8.58. The van der Waals surface area contributed by atoms with Gasteiger partial charge in [-0.3, -0.25) is 4.79 Å². The second kappa shape index (κ2) is 11.2. The molecular formula is C23H34N2O7. The number of carbonyl (C=O) groups is 1. The van der Waals surface area contributed by atoms with Crippen molar-refractivity contribution in [3.05, 3.63) is 40.9 Å². The number of hydrogen-bond donors (Lipinski definition) is 2. The molecule has 6 unspecified atom stereocenters. The number of epoxide rings is 1. The number of aliphatic hydroxyl groups excluding tert-OH is 1. The molecule has 3 saturated heterocycles. The molecule has 3 rings (SSSR count). The molecule has 3 aliphatic heterocycles. The Morgan fingerprint density at radius 1 is 1.34 bits per heavy atom. The van der Waals surface area contributed by atoms with E-state index in [4.69, 9.17) is 14.2 Å².